The van der Waals surface area contributed by atoms with Gasteiger partial charge in [0, 0.05) is 24.7 Å². The number of likely N-dealkylation sites (tertiary alicyclic amines) is 1. The Bertz CT molecular complexity index is 719. The number of carbonyl (C=O) groups excluding carboxylic acids is 3. The van der Waals surface area contributed by atoms with Gasteiger partial charge in [-0.3, -0.25) is 14.4 Å². The van der Waals surface area contributed by atoms with E-state index in [-0.39, 0.29) is 24.3 Å². The zero-order valence-corrected chi connectivity index (χ0v) is 16.3. The molecule has 1 heterocycles. The van der Waals surface area contributed by atoms with Gasteiger partial charge >= 0.3 is 5.97 Å². The van der Waals surface area contributed by atoms with Crippen LogP contribution in [-0.2, 0) is 19.1 Å². The lowest BCUT2D eigenvalue weighted by Gasteiger charge is -2.24. The van der Waals surface area contributed by atoms with Gasteiger partial charge in [0.05, 0.1) is 5.92 Å². The molecule has 0 unspecified atom stereocenters. The van der Waals surface area contributed by atoms with Crippen molar-refractivity contribution in [1.29, 1.82) is 0 Å². The molecule has 2 fully saturated rings. The van der Waals surface area contributed by atoms with Gasteiger partial charge in [0.15, 0.2) is 6.10 Å². The molecule has 2 atom stereocenters. The molecule has 1 saturated heterocycles. The molecule has 6 heteroatoms. The quantitative estimate of drug-likeness (QED) is 0.807. The van der Waals surface area contributed by atoms with E-state index in [1.54, 1.807) is 6.92 Å². The predicted molar refractivity (Wildman–Crippen MR) is 102 cm³/mol. The summed E-state index contributed by atoms with van der Waals surface area (Å²) in [6.07, 6.45) is 3.58. The first kappa shape index (κ1) is 19.4. The summed E-state index contributed by atoms with van der Waals surface area (Å²) in [5.41, 5.74) is 2.65. The van der Waals surface area contributed by atoms with Crippen molar-refractivity contribution in [2.24, 2.45) is 5.92 Å². The average Bonchev–Trinajstić information content (AvgIpc) is 3.27. The molecule has 1 aromatic rings. The van der Waals surface area contributed by atoms with E-state index >= 15 is 0 Å². The van der Waals surface area contributed by atoms with E-state index in [9.17, 15) is 14.4 Å². The van der Waals surface area contributed by atoms with E-state index in [4.69, 9.17) is 4.74 Å². The van der Waals surface area contributed by atoms with Crippen molar-refractivity contribution in [2.75, 3.05) is 11.9 Å². The second-order valence-corrected chi connectivity index (χ2v) is 7.72. The Balaban J connectivity index is 1.55. The van der Waals surface area contributed by atoms with Crippen molar-refractivity contribution in [3.05, 3.63) is 29.3 Å². The van der Waals surface area contributed by atoms with Crippen molar-refractivity contribution in [3.63, 3.8) is 0 Å². The topological polar surface area (TPSA) is 75.7 Å². The highest BCUT2D eigenvalue weighted by Crippen LogP contribution is 2.30. The third-order valence-electron chi connectivity index (χ3n) is 5.65. The Hall–Kier alpha value is -2.37. The molecule has 1 aliphatic carbocycles. The summed E-state index contributed by atoms with van der Waals surface area (Å²) in [6, 6.07) is 6.03. The molecule has 0 aromatic heterocycles. The summed E-state index contributed by atoms with van der Waals surface area (Å²) < 4.78 is 5.38. The molecule has 27 heavy (non-hydrogen) atoms. The van der Waals surface area contributed by atoms with E-state index in [1.165, 1.54) is 0 Å². The van der Waals surface area contributed by atoms with Crippen LogP contribution < -0.4 is 5.32 Å². The smallest absolute Gasteiger partial charge is 0.312 e. The van der Waals surface area contributed by atoms with Gasteiger partial charge in [0.25, 0.3) is 5.91 Å². The van der Waals surface area contributed by atoms with Gasteiger partial charge in [-0.2, -0.15) is 0 Å². The summed E-state index contributed by atoms with van der Waals surface area (Å²) in [7, 11) is 0. The third-order valence-corrected chi connectivity index (χ3v) is 5.65. The van der Waals surface area contributed by atoms with Crippen molar-refractivity contribution in [1.82, 2.24) is 4.90 Å². The van der Waals surface area contributed by atoms with Crippen LogP contribution in [0.2, 0.25) is 0 Å². The fourth-order valence-corrected chi connectivity index (χ4v) is 4.02. The van der Waals surface area contributed by atoms with Crippen LogP contribution in [0, 0.1) is 19.8 Å². The fourth-order valence-electron chi connectivity index (χ4n) is 4.02. The Morgan fingerprint density at radius 2 is 1.81 bits per heavy atom. The molecule has 6 nitrogen and oxygen atoms in total. The lowest BCUT2D eigenvalue weighted by Crippen LogP contribution is -2.36. The van der Waals surface area contributed by atoms with E-state index in [0.29, 0.717) is 6.54 Å². The molecule has 3 rings (SSSR count). The highest BCUT2D eigenvalue weighted by Gasteiger charge is 2.40. The number of nitrogens with zero attached hydrogens (tertiary/aromatic N) is 1. The van der Waals surface area contributed by atoms with Gasteiger partial charge in [-0.1, -0.05) is 31.0 Å². The van der Waals surface area contributed by atoms with E-state index in [2.05, 4.69) is 5.32 Å². The normalized spacial score (nSPS) is 21.4. The molecule has 2 aliphatic rings. The number of anilines is 1. The minimum atomic E-state index is -0.910. The van der Waals surface area contributed by atoms with Crippen molar-refractivity contribution >= 4 is 23.5 Å². The summed E-state index contributed by atoms with van der Waals surface area (Å²) in [5.74, 6) is -1.28. The van der Waals surface area contributed by atoms with Crippen LogP contribution >= 0.6 is 0 Å². The molecular weight excluding hydrogens is 344 g/mol. The molecule has 1 N–H and O–H groups in total. The van der Waals surface area contributed by atoms with Gasteiger partial charge < -0.3 is 15.0 Å². The minimum absolute atomic E-state index is 0.0245. The van der Waals surface area contributed by atoms with Crippen LogP contribution in [-0.4, -0.2) is 41.4 Å². The van der Waals surface area contributed by atoms with Crippen LogP contribution in [0.3, 0.4) is 0 Å². The molecule has 146 valence electrons. The number of esters is 1. The van der Waals surface area contributed by atoms with Gasteiger partial charge in [-0.25, -0.2) is 0 Å². The van der Waals surface area contributed by atoms with Gasteiger partial charge in [0.2, 0.25) is 5.91 Å². The first-order chi connectivity index (χ1) is 12.9. The number of benzene rings is 1. The third kappa shape index (κ3) is 4.31. The van der Waals surface area contributed by atoms with Crippen LogP contribution in [0.5, 0.6) is 0 Å². The standard InChI is InChI=1S/C21H28N2O4/c1-13-7-6-8-14(2)19(13)22-20(25)15(3)27-21(26)16-11-18(24)23(12-16)17-9-4-5-10-17/h6-8,15-17H,4-5,9-12H2,1-3H3,(H,22,25)/t15-,16-/m1/s1. The number of carbonyl (C=O) groups is 3. The molecule has 1 aromatic carbocycles. The maximum atomic E-state index is 12.5. The second kappa shape index (κ2) is 8.11. The molecule has 2 amide bonds. The lowest BCUT2D eigenvalue weighted by molar-refractivity contribution is -0.157. The van der Waals surface area contributed by atoms with E-state index in [0.717, 1.165) is 42.5 Å². The number of ether oxygens (including phenoxy) is 1. The monoisotopic (exact) mass is 372 g/mol. The van der Waals surface area contributed by atoms with Crippen molar-refractivity contribution in [2.45, 2.75) is 65.0 Å². The maximum Gasteiger partial charge on any atom is 0.312 e. The minimum Gasteiger partial charge on any atom is -0.452 e. The van der Waals surface area contributed by atoms with E-state index < -0.39 is 18.0 Å². The number of aryl methyl sites for hydroxylation is 2. The first-order valence-corrected chi connectivity index (χ1v) is 9.74. The van der Waals surface area contributed by atoms with Crippen LogP contribution in [0.1, 0.15) is 50.2 Å². The van der Waals surface area contributed by atoms with Gasteiger partial charge in [0.1, 0.15) is 0 Å². The largest absolute Gasteiger partial charge is 0.452 e. The van der Waals surface area contributed by atoms with Crippen molar-refractivity contribution in [3.8, 4) is 0 Å². The number of rotatable bonds is 5. The van der Waals surface area contributed by atoms with Crippen LogP contribution in [0.15, 0.2) is 18.2 Å². The Morgan fingerprint density at radius 1 is 1.19 bits per heavy atom. The SMILES string of the molecule is Cc1cccc(C)c1NC(=O)[C@@H](C)OC(=O)[C@@H]1CC(=O)N(C2CCCC2)C1. The van der Waals surface area contributed by atoms with Gasteiger partial charge in [-0.15, -0.1) is 0 Å². The molecule has 0 bridgehead atoms. The van der Waals surface area contributed by atoms with Crippen molar-refractivity contribution < 1.29 is 19.1 Å². The fraction of sp³-hybridized carbons (Fsp3) is 0.571. The van der Waals surface area contributed by atoms with Crippen LogP contribution in [0.4, 0.5) is 5.69 Å². The number of hydrogen-bond donors (Lipinski definition) is 1. The molecule has 0 spiro atoms. The summed E-state index contributed by atoms with van der Waals surface area (Å²) >= 11 is 0. The number of para-hydroxylation sites is 1. The lowest BCUT2D eigenvalue weighted by atomic mass is 10.1. The summed E-state index contributed by atoms with van der Waals surface area (Å²) in [5, 5.41) is 2.84. The Morgan fingerprint density at radius 3 is 2.44 bits per heavy atom. The molecular formula is C21H28N2O4. The average molecular weight is 372 g/mol. The zero-order valence-electron chi connectivity index (χ0n) is 16.3. The Kier molecular flexibility index (Phi) is 5.82. The maximum absolute atomic E-state index is 12.5. The van der Waals surface area contributed by atoms with E-state index in [1.807, 2.05) is 36.9 Å². The molecule has 1 saturated carbocycles. The Labute approximate surface area is 160 Å². The molecule has 0 radical (unpaired) electrons. The summed E-state index contributed by atoms with van der Waals surface area (Å²) in [6.45, 7) is 5.81. The highest BCUT2D eigenvalue weighted by molar-refractivity contribution is 5.97. The first-order valence-electron chi connectivity index (χ1n) is 9.74. The zero-order chi connectivity index (χ0) is 19.6. The summed E-state index contributed by atoms with van der Waals surface area (Å²) in [4.78, 5) is 39.0. The van der Waals surface area contributed by atoms with Crippen LogP contribution in [0.25, 0.3) is 0 Å². The second-order valence-electron chi connectivity index (χ2n) is 7.72. The van der Waals surface area contributed by atoms with Gasteiger partial charge in [-0.05, 0) is 44.7 Å². The number of nitrogens with one attached hydrogen (secondary N) is 1. The number of amides is 2. The molecule has 1 aliphatic heterocycles. The highest BCUT2D eigenvalue weighted by atomic mass is 16.5. The number of hydrogen-bond acceptors (Lipinski definition) is 4. The predicted octanol–water partition coefficient (Wildman–Crippen LogP) is 2.96.